The Morgan fingerprint density at radius 1 is 0.903 bits per heavy atom. The van der Waals surface area contributed by atoms with Gasteiger partial charge in [0.05, 0.1) is 11.0 Å². The normalized spacial score (nSPS) is 13.2. The largest absolute Gasteiger partial charge is 0.349 e. The Morgan fingerprint density at radius 2 is 1.58 bits per heavy atom. The quantitative estimate of drug-likeness (QED) is 0.449. The zero-order valence-electron chi connectivity index (χ0n) is 16.5. The van der Waals surface area contributed by atoms with Crippen LogP contribution in [0.4, 0.5) is 10.1 Å². The van der Waals surface area contributed by atoms with Crippen LogP contribution in [-0.2, 0) is 0 Å². The summed E-state index contributed by atoms with van der Waals surface area (Å²) in [5.74, 6) is -0.0971. The number of halogens is 1. The smallest absolute Gasteiger partial charge is 0.255 e. The first-order chi connectivity index (χ1) is 15.0. The number of carbonyl (C=O) groups is 2. The van der Waals surface area contributed by atoms with E-state index in [1.165, 1.54) is 24.3 Å². The van der Waals surface area contributed by atoms with Crippen molar-refractivity contribution in [1.29, 1.82) is 0 Å². The number of hydrogen-bond donors (Lipinski definition) is 3. The number of aromatic amines is 1. The number of nitrogens with one attached hydrogen (secondary N) is 3. The van der Waals surface area contributed by atoms with Gasteiger partial charge in [0.1, 0.15) is 11.6 Å². The van der Waals surface area contributed by atoms with Gasteiger partial charge in [-0.25, -0.2) is 9.37 Å². The molecule has 0 aliphatic heterocycles. The van der Waals surface area contributed by atoms with Crippen LogP contribution in [0.5, 0.6) is 0 Å². The van der Waals surface area contributed by atoms with E-state index in [0.29, 0.717) is 34.2 Å². The molecule has 0 unspecified atom stereocenters. The van der Waals surface area contributed by atoms with Crippen molar-refractivity contribution in [1.82, 2.24) is 15.3 Å². The average molecular weight is 414 g/mol. The van der Waals surface area contributed by atoms with E-state index in [0.717, 1.165) is 23.9 Å². The van der Waals surface area contributed by atoms with Gasteiger partial charge in [-0.3, -0.25) is 9.59 Å². The Bertz CT molecular complexity index is 1280. The summed E-state index contributed by atoms with van der Waals surface area (Å²) in [7, 11) is 0. The van der Waals surface area contributed by atoms with Crippen molar-refractivity contribution < 1.29 is 14.0 Å². The highest BCUT2D eigenvalue weighted by Gasteiger charge is 2.23. The lowest BCUT2D eigenvalue weighted by atomic mass is 10.1. The SMILES string of the molecule is O=C(Nc1ccc2[nH]c(-c3ccc(C(=O)NC4CC4)cc3)nc2c1)c1ccc(F)cc1. The number of benzene rings is 3. The molecule has 3 N–H and O–H groups in total. The first kappa shape index (κ1) is 19.0. The number of H-pyrrole nitrogens is 1. The molecule has 1 heterocycles. The average Bonchev–Trinajstić information content (AvgIpc) is 3.49. The number of fused-ring (bicyclic) bond motifs is 1. The molecule has 2 amide bonds. The molecule has 4 aromatic rings. The summed E-state index contributed by atoms with van der Waals surface area (Å²) in [5.41, 5.74) is 3.96. The van der Waals surface area contributed by atoms with Gasteiger partial charge in [-0.15, -0.1) is 0 Å². The molecule has 31 heavy (non-hydrogen) atoms. The molecule has 1 aliphatic rings. The number of nitrogens with zero attached hydrogens (tertiary/aromatic N) is 1. The Balaban J connectivity index is 1.33. The zero-order chi connectivity index (χ0) is 21.4. The molecule has 0 radical (unpaired) electrons. The Morgan fingerprint density at radius 3 is 2.29 bits per heavy atom. The maximum Gasteiger partial charge on any atom is 0.255 e. The van der Waals surface area contributed by atoms with E-state index in [4.69, 9.17) is 0 Å². The lowest BCUT2D eigenvalue weighted by molar-refractivity contribution is 0.0950. The van der Waals surface area contributed by atoms with E-state index in [9.17, 15) is 14.0 Å². The fourth-order valence-electron chi connectivity index (χ4n) is 3.30. The molecule has 0 bridgehead atoms. The van der Waals surface area contributed by atoms with Gasteiger partial charge in [0.15, 0.2) is 0 Å². The van der Waals surface area contributed by atoms with Crippen LogP contribution >= 0.6 is 0 Å². The number of aromatic nitrogens is 2. The van der Waals surface area contributed by atoms with Gasteiger partial charge >= 0.3 is 0 Å². The van der Waals surface area contributed by atoms with Gasteiger partial charge in [0.25, 0.3) is 11.8 Å². The summed E-state index contributed by atoms with van der Waals surface area (Å²) in [4.78, 5) is 32.4. The number of carbonyl (C=O) groups excluding carboxylic acids is 2. The Hall–Kier alpha value is -4.00. The Labute approximate surface area is 177 Å². The lowest BCUT2D eigenvalue weighted by Crippen LogP contribution is -2.25. The minimum absolute atomic E-state index is 0.0554. The molecule has 154 valence electrons. The number of hydrogen-bond acceptors (Lipinski definition) is 3. The van der Waals surface area contributed by atoms with Crippen molar-refractivity contribution in [2.45, 2.75) is 18.9 Å². The second-order valence-corrected chi connectivity index (χ2v) is 7.60. The van der Waals surface area contributed by atoms with E-state index >= 15 is 0 Å². The minimum Gasteiger partial charge on any atom is -0.349 e. The molecule has 3 aromatic carbocycles. The summed E-state index contributed by atoms with van der Waals surface area (Å²) in [6.07, 6.45) is 2.10. The van der Waals surface area contributed by atoms with Crippen LogP contribution in [0.25, 0.3) is 22.4 Å². The van der Waals surface area contributed by atoms with Crippen molar-refractivity contribution >= 4 is 28.5 Å². The molecule has 6 nitrogen and oxygen atoms in total. The molecule has 0 spiro atoms. The molecular formula is C24H19FN4O2. The van der Waals surface area contributed by atoms with Crippen LogP contribution in [0.2, 0.25) is 0 Å². The summed E-state index contributed by atoms with van der Waals surface area (Å²) in [6, 6.07) is 18.4. The fourth-order valence-corrected chi connectivity index (χ4v) is 3.30. The predicted molar refractivity (Wildman–Crippen MR) is 116 cm³/mol. The summed E-state index contributed by atoms with van der Waals surface area (Å²) < 4.78 is 13.0. The Kier molecular flexibility index (Phi) is 4.71. The molecule has 1 fully saturated rings. The van der Waals surface area contributed by atoms with Gasteiger partial charge < -0.3 is 15.6 Å². The maximum atomic E-state index is 13.0. The van der Waals surface area contributed by atoms with Gasteiger partial charge in [0, 0.05) is 28.4 Å². The number of amides is 2. The van der Waals surface area contributed by atoms with E-state index < -0.39 is 5.82 Å². The van der Waals surface area contributed by atoms with Crippen molar-refractivity contribution in [3.63, 3.8) is 0 Å². The fraction of sp³-hybridized carbons (Fsp3) is 0.125. The highest BCUT2D eigenvalue weighted by Crippen LogP contribution is 2.24. The van der Waals surface area contributed by atoms with Crippen LogP contribution in [0, 0.1) is 5.82 Å². The van der Waals surface area contributed by atoms with E-state index in [-0.39, 0.29) is 11.8 Å². The molecular weight excluding hydrogens is 395 g/mol. The van der Waals surface area contributed by atoms with Crippen LogP contribution in [0.3, 0.4) is 0 Å². The number of rotatable bonds is 5. The van der Waals surface area contributed by atoms with Crippen LogP contribution in [-0.4, -0.2) is 27.8 Å². The van der Waals surface area contributed by atoms with E-state index in [2.05, 4.69) is 20.6 Å². The van der Waals surface area contributed by atoms with Crippen LogP contribution < -0.4 is 10.6 Å². The first-order valence-electron chi connectivity index (χ1n) is 10.0. The highest BCUT2D eigenvalue weighted by atomic mass is 19.1. The van der Waals surface area contributed by atoms with Crippen molar-refractivity contribution in [2.24, 2.45) is 0 Å². The standard InChI is InChI=1S/C24H19FN4O2/c25-17-7-5-16(6-8-17)24(31)27-19-11-12-20-21(13-19)29-22(28-20)14-1-3-15(4-2-14)23(30)26-18-9-10-18/h1-8,11-13,18H,9-10H2,(H,26,30)(H,27,31)(H,28,29). The molecule has 5 rings (SSSR count). The number of imidazole rings is 1. The predicted octanol–water partition coefficient (Wildman–Crippen LogP) is 4.51. The third-order valence-corrected chi connectivity index (χ3v) is 5.18. The van der Waals surface area contributed by atoms with Crippen molar-refractivity contribution in [3.8, 4) is 11.4 Å². The molecule has 1 aromatic heterocycles. The van der Waals surface area contributed by atoms with E-state index in [1.54, 1.807) is 24.3 Å². The van der Waals surface area contributed by atoms with E-state index in [1.807, 2.05) is 18.2 Å². The first-order valence-corrected chi connectivity index (χ1v) is 10.0. The third-order valence-electron chi connectivity index (χ3n) is 5.18. The van der Waals surface area contributed by atoms with Gasteiger partial charge in [-0.1, -0.05) is 12.1 Å². The molecule has 0 atom stereocenters. The van der Waals surface area contributed by atoms with Gasteiger partial charge in [0.2, 0.25) is 0 Å². The molecule has 1 aliphatic carbocycles. The molecule has 0 saturated heterocycles. The topological polar surface area (TPSA) is 86.9 Å². The maximum absolute atomic E-state index is 13.0. The van der Waals surface area contributed by atoms with Gasteiger partial charge in [-0.2, -0.15) is 0 Å². The zero-order valence-corrected chi connectivity index (χ0v) is 16.5. The lowest BCUT2D eigenvalue weighted by Gasteiger charge is -2.05. The third kappa shape index (κ3) is 4.16. The minimum atomic E-state index is -0.390. The monoisotopic (exact) mass is 414 g/mol. The van der Waals surface area contributed by atoms with Crippen LogP contribution in [0.15, 0.2) is 66.7 Å². The number of anilines is 1. The second kappa shape index (κ2) is 7.68. The summed E-state index contributed by atoms with van der Waals surface area (Å²) in [5, 5.41) is 5.77. The van der Waals surface area contributed by atoms with Crippen molar-refractivity contribution in [2.75, 3.05) is 5.32 Å². The summed E-state index contributed by atoms with van der Waals surface area (Å²) >= 11 is 0. The molecule has 7 heteroatoms. The second-order valence-electron chi connectivity index (χ2n) is 7.60. The highest BCUT2D eigenvalue weighted by molar-refractivity contribution is 6.05. The molecule has 1 saturated carbocycles. The van der Waals surface area contributed by atoms with Crippen LogP contribution in [0.1, 0.15) is 33.6 Å². The van der Waals surface area contributed by atoms with Gasteiger partial charge in [-0.05, 0) is 67.4 Å². The van der Waals surface area contributed by atoms with Crippen molar-refractivity contribution in [3.05, 3.63) is 83.7 Å². The summed E-state index contributed by atoms with van der Waals surface area (Å²) in [6.45, 7) is 0.